The van der Waals surface area contributed by atoms with Gasteiger partial charge in [-0.3, -0.25) is 0 Å². The Bertz CT molecular complexity index is 1150. The number of imidazole rings is 1. The fraction of sp³-hybridized carbons (Fsp3) is 0.500. The highest BCUT2D eigenvalue weighted by Gasteiger charge is 2.28. The molecule has 2 aliphatic heterocycles. The van der Waals surface area contributed by atoms with Crippen LogP contribution in [0.3, 0.4) is 0 Å². The molecule has 0 bridgehead atoms. The van der Waals surface area contributed by atoms with Crippen molar-refractivity contribution >= 4 is 39.2 Å². The van der Waals surface area contributed by atoms with E-state index in [4.69, 9.17) is 9.47 Å². The molecule has 2 aromatic heterocycles. The quantitative estimate of drug-likeness (QED) is 0.406. The van der Waals surface area contributed by atoms with E-state index in [1.165, 1.54) is 10.5 Å². The van der Waals surface area contributed by atoms with E-state index in [1.807, 2.05) is 42.8 Å². The van der Waals surface area contributed by atoms with E-state index in [2.05, 4.69) is 42.9 Å². The van der Waals surface area contributed by atoms with Crippen LogP contribution in [0.25, 0.3) is 5.65 Å². The lowest BCUT2D eigenvalue weighted by Crippen LogP contribution is -2.42. The normalized spacial score (nSPS) is 17.6. The lowest BCUT2D eigenvalue weighted by atomic mass is 9.89. The second-order valence-electron chi connectivity index (χ2n) is 9.92. The number of amides is 1. The van der Waals surface area contributed by atoms with Gasteiger partial charge in [-0.2, -0.15) is 0 Å². The fourth-order valence-corrected chi connectivity index (χ4v) is 5.14. The molecule has 3 aromatic rings. The molecule has 2 aliphatic rings. The summed E-state index contributed by atoms with van der Waals surface area (Å²) >= 11 is 3.46. The van der Waals surface area contributed by atoms with E-state index in [0.29, 0.717) is 40.2 Å². The molecule has 0 N–H and O–H groups in total. The van der Waals surface area contributed by atoms with Crippen LogP contribution in [0.15, 0.2) is 47.5 Å². The third kappa shape index (κ3) is 5.52. The zero-order chi connectivity index (χ0) is 24.4. The molecule has 0 spiro atoms. The standard InChI is InChI=1S/C26H32BrN5O3/c1-18(2)15-35-26(33)32(25-24-28-9-12-31(24)14-23(27)29-25)22-5-3-20(4-6-22)21-7-10-30(11-8-21)13-19-16-34-17-19/h3-6,9,12,14,18-19,21H,7-8,10-11,13,15-17H2,1-2H3. The maximum atomic E-state index is 13.3. The first-order chi connectivity index (χ1) is 17.0. The molecular weight excluding hydrogens is 510 g/mol. The summed E-state index contributed by atoms with van der Waals surface area (Å²) in [5.74, 6) is 1.90. The van der Waals surface area contributed by atoms with Gasteiger partial charge in [0.25, 0.3) is 0 Å². The Labute approximate surface area is 214 Å². The van der Waals surface area contributed by atoms with Crippen molar-refractivity contribution in [1.29, 1.82) is 0 Å². The number of hydrogen-bond donors (Lipinski definition) is 0. The van der Waals surface area contributed by atoms with Crippen molar-refractivity contribution in [2.45, 2.75) is 32.6 Å². The van der Waals surface area contributed by atoms with Gasteiger partial charge in [0.15, 0.2) is 11.5 Å². The molecule has 0 saturated carbocycles. The van der Waals surface area contributed by atoms with Crippen LogP contribution < -0.4 is 4.90 Å². The number of likely N-dealkylation sites (tertiary alicyclic amines) is 1. The number of nitrogens with zero attached hydrogens (tertiary/aromatic N) is 5. The second-order valence-corrected chi connectivity index (χ2v) is 10.7. The summed E-state index contributed by atoms with van der Waals surface area (Å²) < 4.78 is 13.4. The molecule has 5 rings (SSSR count). The van der Waals surface area contributed by atoms with E-state index in [1.54, 1.807) is 6.20 Å². The van der Waals surface area contributed by atoms with Gasteiger partial charge in [0, 0.05) is 31.1 Å². The van der Waals surface area contributed by atoms with Crippen LogP contribution in [-0.4, -0.2) is 64.8 Å². The summed E-state index contributed by atoms with van der Waals surface area (Å²) in [7, 11) is 0. The highest BCUT2D eigenvalue weighted by atomic mass is 79.9. The van der Waals surface area contributed by atoms with Crippen molar-refractivity contribution in [3.05, 3.63) is 53.0 Å². The van der Waals surface area contributed by atoms with Crippen LogP contribution >= 0.6 is 15.9 Å². The third-order valence-electron chi connectivity index (χ3n) is 6.70. The van der Waals surface area contributed by atoms with Gasteiger partial charge in [-0.15, -0.1) is 0 Å². The smallest absolute Gasteiger partial charge is 0.420 e. The van der Waals surface area contributed by atoms with Gasteiger partial charge in [0.2, 0.25) is 0 Å². The molecule has 186 valence electrons. The highest BCUT2D eigenvalue weighted by Crippen LogP contribution is 2.33. The molecular formula is C26H32BrN5O3. The predicted molar refractivity (Wildman–Crippen MR) is 138 cm³/mol. The number of fused-ring (bicyclic) bond motifs is 1. The molecule has 0 aliphatic carbocycles. The van der Waals surface area contributed by atoms with Crippen molar-refractivity contribution in [1.82, 2.24) is 19.3 Å². The lowest BCUT2D eigenvalue weighted by Gasteiger charge is -2.37. The molecule has 2 saturated heterocycles. The first kappa shape index (κ1) is 24.2. The number of hydrogen-bond acceptors (Lipinski definition) is 6. The topological polar surface area (TPSA) is 72.2 Å². The molecule has 1 aromatic carbocycles. The third-order valence-corrected chi connectivity index (χ3v) is 7.08. The zero-order valence-corrected chi connectivity index (χ0v) is 21.9. The summed E-state index contributed by atoms with van der Waals surface area (Å²) in [6.07, 6.45) is 7.17. The van der Waals surface area contributed by atoms with Crippen LogP contribution in [0.1, 0.15) is 38.2 Å². The second kappa shape index (κ2) is 10.6. The molecule has 4 heterocycles. The number of halogens is 1. The number of piperidine rings is 1. The minimum Gasteiger partial charge on any atom is -0.449 e. The SMILES string of the molecule is CC(C)COC(=O)N(c1ccc(C2CCN(CC3COC3)CC2)cc1)c1nc(Br)cn2ccnc12. The van der Waals surface area contributed by atoms with Crippen LogP contribution in [0, 0.1) is 11.8 Å². The van der Waals surface area contributed by atoms with Crippen LogP contribution in [-0.2, 0) is 9.47 Å². The van der Waals surface area contributed by atoms with E-state index in [0.717, 1.165) is 45.7 Å². The van der Waals surface area contributed by atoms with Crippen molar-refractivity contribution in [2.24, 2.45) is 11.8 Å². The Morgan fingerprint density at radius 3 is 2.63 bits per heavy atom. The molecule has 9 heteroatoms. The van der Waals surface area contributed by atoms with Gasteiger partial charge in [-0.25, -0.2) is 19.7 Å². The van der Waals surface area contributed by atoms with Crippen molar-refractivity contribution < 1.29 is 14.3 Å². The predicted octanol–water partition coefficient (Wildman–Crippen LogP) is 5.25. The number of anilines is 2. The Morgan fingerprint density at radius 1 is 1.23 bits per heavy atom. The van der Waals surface area contributed by atoms with Gasteiger partial charge in [0.1, 0.15) is 4.60 Å². The van der Waals surface area contributed by atoms with Gasteiger partial charge >= 0.3 is 6.09 Å². The summed E-state index contributed by atoms with van der Waals surface area (Å²) in [5, 5.41) is 0. The number of carbonyl (C=O) groups is 1. The zero-order valence-electron chi connectivity index (χ0n) is 20.3. The van der Waals surface area contributed by atoms with Gasteiger partial charge in [0.05, 0.1) is 25.5 Å². The Morgan fingerprint density at radius 2 is 1.97 bits per heavy atom. The summed E-state index contributed by atoms with van der Waals surface area (Å²) in [4.78, 5) is 26.4. The minimum absolute atomic E-state index is 0.229. The lowest BCUT2D eigenvalue weighted by molar-refractivity contribution is -0.0487. The average molecular weight is 542 g/mol. The molecule has 2 fully saturated rings. The van der Waals surface area contributed by atoms with E-state index >= 15 is 0 Å². The van der Waals surface area contributed by atoms with Crippen molar-refractivity contribution in [2.75, 3.05) is 44.4 Å². The largest absolute Gasteiger partial charge is 0.449 e. The van der Waals surface area contributed by atoms with Gasteiger partial charge in [-0.1, -0.05) is 26.0 Å². The molecule has 0 atom stereocenters. The Balaban J connectivity index is 1.36. The average Bonchev–Trinajstić information content (AvgIpc) is 3.30. The maximum Gasteiger partial charge on any atom is 0.420 e. The van der Waals surface area contributed by atoms with Crippen molar-refractivity contribution in [3.8, 4) is 0 Å². The summed E-state index contributed by atoms with van der Waals surface area (Å²) in [6, 6.07) is 8.26. The number of rotatable bonds is 7. The molecule has 8 nitrogen and oxygen atoms in total. The molecule has 35 heavy (non-hydrogen) atoms. The van der Waals surface area contributed by atoms with Crippen LogP contribution in [0.5, 0.6) is 0 Å². The maximum absolute atomic E-state index is 13.3. The van der Waals surface area contributed by atoms with Gasteiger partial charge in [-0.05, 0) is 71.4 Å². The number of ether oxygens (including phenoxy) is 2. The fourth-order valence-electron chi connectivity index (χ4n) is 4.75. The summed E-state index contributed by atoms with van der Waals surface area (Å²) in [5.41, 5.74) is 2.60. The molecule has 0 radical (unpaired) electrons. The van der Waals surface area contributed by atoms with E-state index in [9.17, 15) is 4.79 Å². The van der Waals surface area contributed by atoms with Crippen LogP contribution in [0.2, 0.25) is 0 Å². The first-order valence-electron chi connectivity index (χ1n) is 12.3. The van der Waals surface area contributed by atoms with E-state index in [-0.39, 0.29) is 5.92 Å². The Hall–Kier alpha value is -2.49. The molecule has 0 unspecified atom stereocenters. The van der Waals surface area contributed by atoms with Gasteiger partial charge < -0.3 is 18.8 Å². The number of benzene rings is 1. The monoisotopic (exact) mass is 541 g/mol. The number of aromatic nitrogens is 3. The Kier molecular flexibility index (Phi) is 7.36. The summed E-state index contributed by atoms with van der Waals surface area (Å²) in [6.45, 7) is 9.58. The van der Waals surface area contributed by atoms with E-state index < -0.39 is 6.09 Å². The molecule has 1 amide bonds. The van der Waals surface area contributed by atoms with Crippen LogP contribution in [0.4, 0.5) is 16.3 Å². The first-order valence-corrected chi connectivity index (χ1v) is 13.1. The minimum atomic E-state index is -0.463. The van der Waals surface area contributed by atoms with Crippen molar-refractivity contribution in [3.63, 3.8) is 0 Å². The number of carbonyl (C=O) groups excluding carboxylic acids is 1. The highest BCUT2D eigenvalue weighted by molar-refractivity contribution is 9.10.